The van der Waals surface area contributed by atoms with Gasteiger partial charge >= 0.3 is 0 Å². The summed E-state index contributed by atoms with van der Waals surface area (Å²) in [6.45, 7) is 0.541. The van der Waals surface area contributed by atoms with E-state index in [0.717, 1.165) is 17.5 Å². The minimum atomic E-state index is -0.256. The monoisotopic (exact) mass is 259 g/mol. The van der Waals surface area contributed by atoms with Gasteiger partial charge in [-0.15, -0.1) is 0 Å². The third kappa shape index (κ3) is 3.12. The predicted octanol–water partition coefficient (Wildman–Crippen LogP) is 3.32. The number of hydrogen-bond acceptors (Lipinski definition) is 2. The van der Waals surface area contributed by atoms with Crippen molar-refractivity contribution < 1.29 is 9.13 Å². The van der Waals surface area contributed by atoms with Crippen LogP contribution in [0.4, 0.5) is 4.39 Å². The number of benzene rings is 2. The van der Waals surface area contributed by atoms with Crippen molar-refractivity contribution in [2.75, 3.05) is 13.7 Å². The van der Waals surface area contributed by atoms with Crippen molar-refractivity contribution in [1.29, 1.82) is 0 Å². The molecule has 2 aromatic rings. The second-order valence-electron chi connectivity index (χ2n) is 4.43. The smallest absolute Gasteiger partial charge is 0.123 e. The van der Waals surface area contributed by atoms with Crippen LogP contribution in [0.1, 0.15) is 23.5 Å². The first-order chi connectivity index (χ1) is 9.26. The molecular formula is C16H18FNO. The highest BCUT2D eigenvalue weighted by molar-refractivity contribution is 5.42. The van der Waals surface area contributed by atoms with E-state index in [1.54, 1.807) is 13.2 Å². The van der Waals surface area contributed by atoms with Gasteiger partial charge in [0, 0.05) is 11.5 Å². The van der Waals surface area contributed by atoms with Crippen molar-refractivity contribution in [2.24, 2.45) is 5.73 Å². The molecule has 2 nitrogen and oxygen atoms in total. The predicted molar refractivity (Wildman–Crippen MR) is 74.9 cm³/mol. The zero-order valence-electron chi connectivity index (χ0n) is 11.0. The molecule has 0 saturated heterocycles. The van der Waals surface area contributed by atoms with Crippen molar-refractivity contribution in [2.45, 2.75) is 12.3 Å². The Labute approximate surface area is 113 Å². The zero-order chi connectivity index (χ0) is 13.7. The van der Waals surface area contributed by atoms with Crippen LogP contribution >= 0.6 is 0 Å². The fourth-order valence-electron chi connectivity index (χ4n) is 2.33. The molecule has 0 radical (unpaired) electrons. The molecule has 0 saturated carbocycles. The Morgan fingerprint density at radius 3 is 2.53 bits per heavy atom. The summed E-state index contributed by atoms with van der Waals surface area (Å²) in [7, 11) is 1.60. The van der Waals surface area contributed by atoms with Gasteiger partial charge in [-0.1, -0.05) is 30.3 Å². The fourth-order valence-corrected chi connectivity index (χ4v) is 2.33. The number of methoxy groups -OCH3 is 1. The van der Waals surface area contributed by atoms with E-state index in [1.165, 1.54) is 12.1 Å². The van der Waals surface area contributed by atoms with Gasteiger partial charge in [-0.3, -0.25) is 0 Å². The fraction of sp³-hybridized carbons (Fsp3) is 0.250. The molecule has 0 amide bonds. The number of ether oxygens (including phenoxy) is 1. The van der Waals surface area contributed by atoms with E-state index in [1.807, 2.05) is 30.3 Å². The summed E-state index contributed by atoms with van der Waals surface area (Å²) in [6.07, 6.45) is 0.754. The number of hydrogen-bond donors (Lipinski definition) is 1. The standard InChI is InChI=1S/C16H18FNO/c1-19-16-8-7-13(17)11-15(16)14(9-10-18)12-5-3-2-4-6-12/h2-8,11,14H,9-10,18H2,1H3. The van der Waals surface area contributed by atoms with Crippen LogP contribution < -0.4 is 10.5 Å². The third-order valence-corrected chi connectivity index (χ3v) is 3.22. The maximum Gasteiger partial charge on any atom is 0.123 e. The van der Waals surface area contributed by atoms with Gasteiger partial charge in [0.25, 0.3) is 0 Å². The lowest BCUT2D eigenvalue weighted by molar-refractivity contribution is 0.405. The molecule has 0 aliphatic carbocycles. The van der Waals surface area contributed by atoms with Crippen LogP contribution in [0.25, 0.3) is 0 Å². The topological polar surface area (TPSA) is 35.2 Å². The minimum Gasteiger partial charge on any atom is -0.496 e. The van der Waals surface area contributed by atoms with Gasteiger partial charge in [0.2, 0.25) is 0 Å². The summed E-state index contributed by atoms with van der Waals surface area (Å²) < 4.78 is 18.9. The van der Waals surface area contributed by atoms with Gasteiger partial charge in [-0.25, -0.2) is 4.39 Å². The lowest BCUT2D eigenvalue weighted by Gasteiger charge is -2.20. The van der Waals surface area contributed by atoms with E-state index in [4.69, 9.17) is 10.5 Å². The van der Waals surface area contributed by atoms with Crippen LogP contribution in [0.3, 0.4) is 0 Å². The molecule has 2 aromatic carbocycles. The molecule has 19 heavy (non-hydrogen) atoms. The van der Waals surface area contributed by atoms with Gasteiger partial charge in [-0.2, -0.15) is 0 Å². The van der Waals surface area contributed by atoms with Crippen molar-refractivity contribution >= 4 is 0 Å². The third-order valence-electron chi connectivity index (χ3n) is 3.22. The number of nitrogens with two attached hydrogens (primary N) is 1. The summed E-state index contributed by atoms with van der Waals surface area (Å²) in [5.74, 6) is 0.495. The second kappa shape index (κ2) is 6.34. The Morgan fingerprint density at radius 2 is 1.89 bits per heavy atom. The van der Waals surface area contributed by atoms with Crippen molar-refractivity contribution in [1.82, 2.24) is 0 Å². The molecule has 100 valence electrons. The maximum atomic E-state index is 13.5. The second-order valence-corrected chi connectivity index (χ2v) is 4.43. The van der Waals surface area contributed by atoms with Gasteiger partial charge in [-0.05, 0) is 36.7 Å². The molecular weight excluding hydrogens is 241 g/mol. The summed E-state index contributed by atoms with van der Waals surface area (Å²) in [4.78, 5) is 0. The summed E-state index contributed by atoms with van der Waals surface area (Å²) in [5, 5.41) is 0. The first-order valence-electron chi connectivity index (χ1n) is 6.34. The first-order valence-corrected chi connectivity index (χ1v) is 6.34. The lowest BCUT2D eigenvalue weighted by atomic mass is 9.88. The quantitative estimate of drug-likeness (QED) is 0.894. The van der Waals surface area contributed by atoms with Crippen LogP contribution in [0.15, 0.2) is 48.5 Å². The molecule has 0 fully saturated rings. The SMILES string of the molecule is COc1ccc(F)cc1C(CCN)c1ccccc1. The minimum absolute atomic E-state index is 0.0526. The Kier molecular flexibility index (Phi) is 4.53. The number of rotatable bonds is 5. The zero-order valence-corrected chi connectivity index (χ0v) is 11.0. The Morgan fingerprint density at radius 1 is 1.16 bits per heavy atom. The lowest BCUT2D eigenvalue weighted by Crippen LogP contribution is -2.10. The highest BCUT2D eigenvalue weighted by Gasteiger charge is 2.18. The molecule has 0 heterocycles. The summed E-state index contributed by atoms with van der Waals surface area (Å²) in [6, 6.07) is 14.6. The molecule has 3 heteroatoms. The van der Waals surface area contributed by atoms with E-state index < -0.39 is 0 Å². The molecule has 2 N–H and O–H groups in total. The summed E-state index contributed by atoms with van der Waals surface area (Å²) in [5.41, 5.74) is 7.67. The van der Waals surface area contributed by atoms with Crippen LogP contribution in [-0.4, -0.2) is 13.7 Å². The molecule has 0 bridgehead atoms. The largest absolute Gasteiger partial charge is 0.496 e. The van der Waals surface area contributed by atoms with Gasteiger partial charge in [0.15, 0.2) is 0 Å². The van der Waals surface area contributed by atoms with Crippen molar-refractivity contribution in [3.8, 4) is 5.75 Å². The van der Waals surface area contributed by atoms with Crippen LogP contribution in [-0.2, 0) is 0 Å². The van der Waals surface area contributed by atoms with E-state index >= 15 is 0 Å². The summed E-state index contributed by atoms with van der Waals surface area (Å²) >= 11 is 0. The Balaban J connectivity index is 2.47. The number of halogens is 1. The van der Waals surface area contributed by atoms with Crippen molar-refractivity contribution in [3.05, 3.63) is 65.5 Å². The normalized spacial score (nSPS) is 12.2. The average Bonchev–Trinajstić information content (AvgIpc) is 2.45. The van der Waals surface area contributed by atoms with Crippen LogP contribution in [0.2, 0.25) is 0 Å². The van der Waals surface area contributed by atoms with E-state index in [-0.39, 0.29) is 11.7 Å². The maximum absolute atomic E-state index is 13.5. The van der Waals surface area contributed by atoms with Crippen LogP contribution in [0, 0.1) is 5.82 Å². The molecule has 0 spiro atoms. The molecule has 0 aliphatic heterocycles. The highest BCUT2D eigenvalue weighted by atomic mass is 19.1. The van der Waals surface area contributed by atoms with Gasteiger partial charge in [0.1, 0.15) is 11.6 Å². The van der Waals surface area contributed by atoms with E-state index in [9.17, 15) is 4.39 Å². The van der Waals surface area contributed by atoms with Gasteiger partial charge in [0.05, 0.1) is 7.11 Å². The first kappa shape index (κ1) is 13.6. The Hall–Kier alpha value is -1.87. The molecule has 1 atom stereocenters. The Bertz CT molecular complexity index is 528. The van der Waals surface area contributed by atoms with Crippen LogP contribution in [0.5, 0.6) is 5.75 Å². The molecule has 2 rings (SSSR count). The molecule has 0 aromatic heterocycles. The van der Waals surface area contributed by atoms with Gasteiger partial charge < -0.3 is 10.5 Å². The molecule has 1 unspecified atom stereocenters. The average molecular weight is 259 g/mol. The van der Waals surface area contributed by atoms with E-state index in [0.29, 0.717) is 12.3 Å². The van der Waals surface area contributed by atoms with E-state index in [2.05, 4.69) is 0 Å². The molecule has 0 aliphatic rings. The highest BCUT2D eigenvalue weighted by Crippen LogP contribution is 2.34. The van der Waals surface area contributed by atoms with Crippen molar-refractivity contribution in [3.63, 3.8) is 0 Å².